The van der Waals surface area contributed by atoms with Crippen molar-refractivity contribution in [2.24, 2.45) is 0 Å². The first-order valence-corrected chi connectivity index (χ1v) is 6.05. The van der Waals surface area contributed by atoms with E-state index < -0.39 is 0 Å². The molecule has 0 spiro atoms. The Morgan fingerprint density at radius 3 is 2.36 bits per heavy atom. The minimum Gasteiger partial charge on any atom is -0.341 e. The summed E-state index contributed by atoms with van der Waals surface area (Å²) in [6, 6.07) is 0. The van der Waals surface area contributed by atoms with Crippen LogP contribution < -0.4 is 4.90 Å². The molecule has 0 aliphatic rings. The van der Waals surface area contributed by atoms with Crippen molar-refractivity contribution < 1.29 is 0 Å². The molecule has 14 heavy (non-hydrogen) atoms. The van der Waals surface area contributed by atoms with E-state index in [1.807, 2.05) is 12.4 Å². The Balaban J connectivity index is 2.73. The molecule has 0 saturated carbocycles. The molecule has 0 aromatic carbocycles. The third-order valence-corrected chi connectivity index (χ3v) is 2.65. The lowest BCUT2D eigenvalue weighted by atomic mass is 10.4. The topological polar surface area (TPSA) is 29.0 Å². The largest absolute Gasteiger partial charge is 0.341 e. The Labute approximate surface area is 93.7 Å². The quantitative estimate of drug-likeness (QED) is 0.760. The molecule has 0 fully saturated rings. The molecule has 0 bridgehead atoms. The Bertz CT molecular complexity index is 261. The molecule has 3 nitrogen and oxygen atoms in total. The molecule has 0 aliphatic carbocycles. The lowest BCUT2D eigenvalue weighted by Gasteiger charge is -2.19. The smallest absolute Gasteiger partial charge is 0.225 e. The van der Waals surface area contributed by atoms with Crippen molar-refractivity contribution in [2.45, 2.75) is 25.6 Å². The number of anilines is 1. The molecule has 1 heterocycles. The number of rotatable bonds is 5. The second-order valence-electron chi connectivity index (χ2n) is 3.10. The molecule has 1 aromatic rings. The summed E-state index contributed by atoms with van der Waals surface area (Å²) in [4.78, 5) is 10.8. The molecule has 0 aliphatic heterocycles. The highest BCUT2D eigenvalue weighted by atomic mass is 79.9. The summed E-state index contributed by atoms with van der Waals surface area (Å²) in [6.07, 6.45) is 4.86. The lowest BCUT2D eigenvalue weighted by molar-refractivity contribution is 0.761. The van der Waals surface area contributed by atoms with Crippen molar-refractivity contribution >= 4 is 21.9 Å². The summed E-state index contributed by atoms with van der Waals surface area (Å²) < 4.78 is 0. The molecule has 1 aromatic heterocycles. The van der Waals surface area contributed by atoms with E-state index >= 15 is 0 Å². The van der Waals surface area contributed by atoms with E-state index in [1.54, 1.807) is 0 Å². The highest BCUT2D eigenvalue weighted by Crippen LogP contribution is 2.09. The molecular formula is C10H16BrN3. The van der Waals surface area contributed by atoms with Crippen molar-refractivity contribution in [3.63, 3.8) is 0 Å². The molecule has 0 amide bonds. The molecule has 78 valence electrons. The van der Waals surface area contributed by atoms with E-state index in [-0.39, 0.29) is 0 Å². The van der Waals surface area contributed by atoms with Gasteiger partial charge in [-0.3, -0.25) is 0 Å². The van der Waals surface area contributed by atoms with Gasteiger partial charge < -0.3 is 4.90 Å². The highest BCUT2D eigenvalue weighted by Gasteiger charge is 2.05. The minimum atomic E-state index is 0.813. The van der Waals surface area contributed by atoms with Crippen LogP contribution in [0.4, 0.5) is 5.95 Å². The van der Waals surface area contributed by atoms with Crippen LogP contribution in [0.25, 0.3) is 0 Å². The van der Waals surface area contributed by atoms with Crippen LogP contribution >= 0.6 is 15.9 Å². The van der Waals surface area contributed by atoms with E-state index in [0.717, 1.165) is 36.4 Å². The van der Waals surface area contributed by atoms with Crippen molar-refractivity contribution in [2.75, 3.05) is 18.0 Å². The number of alkyl halides is 1. The van der Waals surface area contributed by atoms with Gasteiger partial charge in [0.1, 0.15) is 0 Å². The van der Waals surface area contributed by atoms with Gasteiger partial charge in [-0.1, -0.05) is 22.9 Å². The summed E-state index contributed by atoms with van der Waals surface area (Å²) in [6.45, 7) is 6.26. The van der Waals surface area contributed by atoms with Gasteiger partial charge in [-0.2, -0.15) is 0 Å². The maximum Gasteiger partial charge on any atom is 0.225 e. The van der Waals surface area contributed by atoms with E-state index in [2.05, 4.69) is 44.6 Å². The van der Waals surface area contributed by atoms with Crippen molar-refractivity contribution in [3.05, 3.63) is 18.0 Å². The predicted molar refractivity (Wildman–Crippen MR) is 62.8 cm³/mol. The maximum atomic E-state index is 4.32. The summed E-state index contributed by atoms with van der Waals surface area (Å²) in [5, 5.41) is 0.813. The van der Waals surface area contributed by atoms with Gasteiger partial charge >= 0.3 is 0 Å². The molecule has 0 atom stereocenters. The van der Waals surface area contributed by atoms with Crippen LogP contribution in [0.3, 0.4) is 0 Å². The van der Waals surface area contributed by atoms with Crippen molar-refractivity contribution in [1.82, 2.24) is 9.97 Å². The molecule has 0 unspecified atom stereocenters. The van der Waals surface area contributed by atoms with Crippen LogP contribution in [-0.4, -0.2) is 23.1 Å². The number of hydrogen-bond donors (Lipinski definition) is 0. The standard InChI is InChI=1S/C10H16BrN3/c1-3-5-14(4-2)10-12-7-9(6-11)8-13-10/h7-8H,3-6H2,1-2H3. The summed E-state index contributed by atoms with van der Waals surface area (Å²) >= 11 is 3.37. The van der Waals surface area contributed by atoms with E-state index in [4.69, 9.17) is 0 Å². The number of halogens is 1. The van der Waals surface area contributed by atoms with Crippen LogP contribution in [0.2, 0.25) is 0 Å². The maximum absolute atomic E-state index is 4.32. The van der Waals surface area contributed by atoms with Crippen LogP contribution in [0, 0.1) is 0 Å². The van der Waals surface area contributed by atoms with Gasteiger partial charge in [0.25, 0.3) is 0 Å². The molecule has 1 rings (SSSR count). The summed E-state index contributed by atoms with van der Waals surface area (Å²) in [5.41, 5.74) is 1.11. The normalized spacial score (nSPS) is 10.2. The van der Waals surface area contributed by atoms with Gasteiger partial charge in [-0.25, -0.2) is 9.97 Å². The third-order valence-electron chi connectivity index (χ3n) is 2.00. The minimum absolute atomic E-state index is 0.813. The second-order valence-corrected chi connectivity index (χ2v) is 3.67. The van der Waals surface area contributed by atoms with E-state index in [0.29, 0.717) is 0 Å². The fourth-order valence-corrected chi connectivity index (χ4v) is 1.54. The zero-order valence-electron chi connectivity index (χ0n) is 8.70. The van der Waals surface area contributed by atoms with Gasteiger partial charge in [0, 0.05) is 30.8 Å². The lowest BCUT2D eigenvalue weighted by Crippen LogP contribution is -2.25. The summed E-state index contributed by atoms with van der Waals surface area (Å²) in [7, 11) is 0. The van der Waals surface area contributed by atoms with Crippen LogP contribution in [0.5, 0.6) is 0 Å². The van der Waals surface area contributed by atoms with Gasteiger partial charge in [-0.05, 0) is 18.9 Å². The van der Waals surface area contributed by atoms with Crippen LogP contribution in [-0.2, 0) is 5.33 Å². The molecule has 0 N–H and O–H groups in total. The predicted octanol–water partition coefficient (Wildman–Crippen LogP) is 2.61. The Morgan fingerprint density at radius 1 is 1.29 bits per heavy atom. The first-order chi connectivity index (χ1) is 6.81. The van der Waals surface area contributed by atoms with Gasteiger partial charge in [0.2, 0.25) is 5.95 Å². The van der Waals surface area contributed by atoms with Crippen molar-refractivity contribution in [1.29, 1.82) is 0 Å². The van der Waals surface area contributed by atoms with E-state index in [9.17, 15) is 0 Å². The number of hydrogen-bond acceptors (Lipinski definition) is 3. The SMILES string of the molecule is CCCN(CC)c1ncc(CBr)cn1. The molecule has 0 radical (unpaired) electrons. The monoisotopic (exact) mass is 257 g/mol. The van der Waals surface area contributed by atoms with Gasteiger partial charge in [-0.15, -0.1) is 0 Å². The first kappa shape index (κ1) is 11.4. The fraction of sp³-hybridized carbons (Fsp3) is 0.600. The average molecular weight is 258 g/mol. The fourth-order valence-electron chi connectivity index (χ4n) is 1.25. The molecule has 0 saturated heterocycles. The number of aromatic nitrogens is 2. The highest BCUT2D eigenvalue weighted by molar-refractivity contribution is 9.08. The zero-order valence-corrected chi connectivity index (χ0v) is 10.3. The second kappa shape index (κ2) is 5.96. The van der Waals surface area contributed by atoms with Crippen LogP contribution in [0.1, 0.15) is 25.8 Å². The summed E-state index contributed by atoms with van der Waals surface area (Å²) in [5.74, 6) is 0.832. The third kappa shape index (κ3) is 2.94. The Morgan fingerprint density at radius 2 is 1.93 bits per heavy atom. The van der Waals surface area contributed by atoms with Gasteiger partial charge in [0.05, 0.1) is 0 Å². The average Bonchev–Trinajstić information content (AvgIpc) is 2.26. The zero-order chi connectivity index (χ0) is 10.4. The number of nitrogens with zero attached hydrogens (tertiary/aromatic N) is 3. The molecule has 4 heteroatoms. The first-order valence-electron chi connectivity index (χ1n) is 4.93. The Kier molecular flexibility index (Phi) is 4.87. The molecular weight excluding hydrogens is 242 g/mol. The van der Waals surface area contributed by atoms with Crippen molar-refractivity contribution in [3.8, 4) is 0 Å². The van der Waals surface area contributed by atoms with Gasteiger partial charge in [0.15, 0.2) is 0 Å². The Hall–Kier alpha value is -0.640. The van der Waals surface area contributed by atoms with E-state index in [1.165, 1.54) is 0 Å². The van der Waals surface area contributed by atoms with Crippen LogP contribution in [0.15, 0.2) is 12.4 Å².